The summed E-state index contributed by atoms with van der Waals surface area (Å²) in [5.41, 5.74) is 2.13. The van der Waals surface area contributed by atoms with Crippen molar-refractivity contribution >= 4 is 23.4 Å². The number of hydrogen-bond acceptors (Lipinski definition) is 8. The molecule has 90 heavy (non-hydrogen) atoms. The van der Waals surface area contributed by atoms with Crippen LogP contribution in [-0.4, -0.2) is 105 Å². The van der Waals surface area contributed by atoms with E-state index >= 15 is 0 Å². The molecule has 2 saturated heterocycles. The van der Waals surface area contributed by atoms with Gasteiger partial charge in [-0.1, -0.05) is 114 Å². The second-order valence-corrected chi connectivity index (χ2v) is 34.3. The van der Waals surface area contributed by atoms with Crippen LogP contribution in [0.1, 0.15) is 324 Å². The van der Waals surface area contributed by atoms with Crippen molar-refractivity contribution in [3.05, 3.63) is 0 Å². The number of nitrogens with zero attached hydrogens (tertiary/aromatic N) is 2. The molecule has 11 aliphatic carbocycles. The minimum atomic E-state index is -0.469. The first-order valence-electron chi connectivity index (χ1n) is 35.0. The maximum Gasteiger partial charge on any atom is 0.217 e. The summed E-state index contributed by atoms with van der Waals surface area (Å²) in [6, 6.07) is 1.90. The van der Waals surface area contributed by atoms with Gasteiger partial charge in [-0.05, 0) is 288 Å². The third-order valence-corrected chi connectivity index (χ3v) is 25.4. The second kappa shape index (κ2) is 35.4. The van der Waals surface area contributed by atoms with Gasteiger partial charge in [0.2, 0.25) is 11.8 Å². The summed E-state index contributed by atoms with van der Waals surface area (Å²) in [6.07, 6.45) is 28.5. The molecule has 3 spiro atoms. The van der Waals surface area contributed by atoms with E-state index in [2.05, 4.69) is 104 Å². The van der Waals surface area contributed by atoms with Crippen LogP contribution in [0.2, 0.25) is 0 Å². The summed E-state index contributed by atoms with van der Waals surface area (Å²) in [5.74, 6) is 13.0. The molecule has 0 aromatic rings. The lowest BCUT2D eigenvalue weighted by Crippen LogP contribution is -2.65. The molecule has 13 rings (SSSR count). The second-order valence-electron chi connectivity index (χ2n) is 34.3. The molecule has 4 atom stereocenters. The van der Waals surface area contributed by atoms with Crippen molar-refractivity contribution in [2.24, 2.45) is 105 Å². The Hall–Kier alpha value is -1.88. The van der Waals surface area contributed by atoms with Gasteiger partial charge in [-0.2, -0.15) is 0 Å². The van der Waals surface area contributed by atoms with Gasteiger partial charge in [0.15, 0.2) is 0 Å². The number of hydrogen-bond donors (Lipinski definition) is 4. The average molecular weight is 1270 g/mol. The predicted molar refractivity (Wildman–Crippen MR) is 389 cm³/mol. The number of fused-ring (bicyclic) bond motifs is 4. The van der Waals surface area contributed by atoms with Crippen molar-refractivity contribution in [2.75, 3.05) is 26.2 Å². The Bertz CT molecular complexity index is 2030. The molecule has 10 nitrogen and oxygen atoms in total. The highest BCUT2D eigenvalue weighted by atomic mass is 16.3. The van der Waals surface area contributed by atoms with Gasteiger partial charge in [0.25, 0.3) is 0 Å². The van der Waals surface area contributed by atoms with Crippen LogP contribution in [0.3, 0.4) is 0 Å². The first-order valence-corrected chi connectivity index (χ1v) is 35.0. The molecule has 0 radical (unpaired) electrons. The van der Waals surface area contributed by atoms with E-state index in [0.717, 1.165) is 103 Å². The van der Waals surface area contributed by atoms with E-state index in [1.807, 2.05) is 13.8 Å². The molecule has 4 N–H and O–H groups in total. The van der Waals surface area contributed by atoms with Gasteiger partial charge in [-0.3, -0.25) is 19.4 Å². The van der Waals surface area contributed by atoms with Gasteiger partial charge in [0, 0.05) is 76.5 Å². The van der Waals surface area contributed by atoms with Crippen LogP contribution < -0.4 is 10.6 Å². The summed E-state index contributed by atoms with van der Waals surface area (Å²) in [5, 5.41) is 25.6. The SMILES string of the molecule is C.C.C.C.C.C.C.CC(=O)CC1C2CC(C(C)C)CC12.CC(=O)CC1C2CC(C(C)C)CC12.CC(=O)NC12CCCC(C(C)C)(C1)C2.CC(=O)NC1CC2(C1)CC(C(C)C)C2.CC(C)N1CC2(CCC(C(C)(C)O)CC2)C1.CC(C)N1CC2(CCC(O)CC2)C1. The zero-order valence-electron chi connectivity index (χ0n) is 56.9. The van der Waals surface area contributed by atoms with Crippen molar-refractivity contribution in [1.82, 2.24) is 20.4 Å². The number of nitrogens with one attached hydrogen (secondary N) is 2. The molecule has 0 aromatic heterocycles. The van der Waals surface area contributed by atoms with Crippen LogP contribution in [0, 0.1) is 105 Å². The summed E-state index contributed by atoms with van der Waals surface area (Å²) in [6.45, 7) is 43.5. The van der Waals surface area contributed by atoms with Crippen molar-refractivity contribution in [2.45, 2.75) is 360 Å². The monoisotopic (exact) mass is 1270 g/mol. The molecule has 2 bridgehead atoms. The molecule has 2 aliphatic heterocycles. The smallest absolute Gasteiger partial charge is 0.217 e. The Morgan fingerprint density at radius 3 is 1.17 bits per heavy atom. The maximum absolute atomic E-state index is 11.1. The van der Waals surface area contributed by atoms with Crippen LogP contribution in [0.25, 0.3) is 0 Å². The molecule has 13 aliphatic rings. The van der Waals surface area contributed by atoms with Gasteiger partial charge in [-0.25, -0.2) is 0 Å². The summed E-state index contributed by atoms with van der Waals surface area (Å²) < 4.78 is 0. The van der Waals surface area contributed by atoms with E-state index in [4.69, 9.17) is 0 Å². The van der Waals surface area contributed by atoms with Crippen LogP contribution >= 0.6 is 0 Å². The molecule has 10 heteroatoms. The molecule has 4 unspecified atom stereocenters. The fraction of sp³-hybridized carbons (Fsp3) is 0.950. The van der Waals surface area contributed by atoms with Crippen molar-refractivity contribution in [3.8, 4) is 0 Å². The molecule has 534 valence electrons. The van der Waals surface area contributed by atoms with E-state index in [-0.39, 0.29) is 75.4 Å². The van der Waals surface area contributed by atoms with E-state index in [1.54, 1.807) is 27.7 Å². The first-order chi connectivity index (χ1) is 38.6. The predicted octanol–water partition coefficient (Wildman–Crippen LogP) is 19.3. The first kappa shape index (κ1) is 88.1. The Labute approximate surface area is 560 Å². The highest BCUT2D eigenvalue weighted by molar-refractivity contribution is 5.76. The highest BCUT2D eigenvalue weighted by Crippen LogP contribution is 2.65. The Morgan fingerprint density at radius 1 is 0.500 bits per heavy atom. The topological polar surface area (TPSA) is 139 Å². The van der Waals surface area contributed by atoms with Gasteiger partial charge in [0.1, 0.15) is 11.6 Å². The summed E-state index contributed by atoms with van der Waals surface area (Å²) in [4.78, 5) is 48.9. The van der Waals surface area contributed by atoms with Gasteiger partial charge >= 0.3 is 0 Å². The zero-order chi connectivity index (χ0) is 61.4. The molecule has 2 amide bonds. The largest absolute Gasteiger partial charge is 0.393 e. The number of ketones is 2. The third kappa shape index (κ3) is 22.3. The fourth-order valence-corrected chi connectivity index (χ4v) is 19.4. The fourth-order valence-electron chi connectivity index (χ4n) is 19.4. The van der Waals surface area contributed by atoms with Crippen LogP contribution in [0.15, 0.2) is 0 Å². The van der Waals surface area contributed by atoms with E-state index < -0.39 is 5.60 Å². The Balaban J connectivity index is 0.00000104. The number of aliphatic hydroxyl groups is 2. The normalized spacial score (nSPS) is 33.9. The maximum atomic E-state index is 11.1. The summed E-state index contributed by atoms with van der Waals surface area (Å²) >= 11 is 0. The third-order valence-electron chi connectivity index (χ3n) is 25.4. The quantitative estimate of drug-likeness (QED) is 0.143. The molecule has 11 saturated carbocycles. The molecule has 13 fully saturated rings. The van der Waals surface area contributed by atoms with Crippen LogP contribution in [-0.2, 0) is 19.2 Å². The molecular formula is C80H158N4O6. The average Bonchev–Trinajstić information content (AvgIpc) is 1.09. The highest BCUT2D eigenvalue weighted by Gasteiger charge is 2.60. The van der Waals surface area contributed by atoms with Crippen LogP contribution in [0.5, 0.6) is 0 Å². The number of amides is 2. The number of carbonyl (C=O) groups excluding carboxylic acids is 4. The van der Waals surface area contributed by atoms with Crippen molar-refractivity contribution in [3.63, 3.8) is 0 Å². The lowest BCUT2D eigenvalue weighted by Gasteiger charge is -2.63. The van der Waals surface area contributed by atoms with E-state index in [0.29, 0.717) is 57.3 Å². The lowest BCUT2D eigenvalue weighted by molar-refractivity contribution is -0.132. The van der Waals surface area contributed by atoms with Crippen LogP contribution in [0.4, 0.5) is 0 Å². The number of carbonyl (C=O) groups is 4. The summed E-state index contributed by atoms with van der Waals surface area (Å²) in [7, 11) is 0. The zero-order valence-corrected chi connectivity index (χ0v) is 56.9. The Morgan fingerprint density at radius 2 is 0.867 bits per heavy atom. The van der Waals surface area contributed by atoms with E-state index in [1.165, 1.54) is 148 Å². The minimum Gasteiger partial charge on any atom is -0.393 e. The van der Waals surface area contributed by atoms with E-state index in [9.17, 15) is 29.4 Å². The number of aliphatic hydroxyl groups excluding tert-OH is 1. The standard InChI is InChI=1S/C14H27NO.2C12H21NO.2C12H20O.C11H21NO.7CH4/c1-11(2)15-9-14(10-15)7-5-12(6-8-14)13(3,4)16;1-8(2)10-4-12(5-10)6-11(7-12)13-9(3)14;1-9(2)11-5-4-6-12(7-11,8-11)13-10(3)14;2*1-7(2)9-5-11-10(4-8(3)13)12(11)6-9;1-9(2)12-7-11(8-12)5-3-10(13)4-6-11;;;;;;;/h11-12,16H,5-10H2,1-4H3;8,10-11H,4-7H2,1-3H3,(H,13,14);9H,4-8H2,1-3H3,(H,13,14);2*7,9-12H,4-6H2,1-3H3;9-10,13H,3-8H2,1-2H3;7*1H4. The minimum absolute atomic E-state index is 0. The lowest BCUT2D eigenvalue weighted by atomic mass is 9.46. The van der Waals surface area contributed by atoms with Crippen molar-refractivity contribution < 1.29 is 29.4 Å². The molecule has 2 heterocycles. The molecular weight excluding hydrogens is 1110 g/mol. The van der Waals surface area contributed by atoms with Gasteiger partial charge in [0.05, 0.1) is 11.7 Å². The number of rotatable bonds is 13. The van der Waals surface area contributed by atoms with Gasteiger partial charge < -0.3 is 30.4 Å². The number of likely N-dealkylation sites (tertiary alicyclic amines) is 2. The Kier molecular flexibility index (Phi) is 34.7. The number of Topliss-reactive ketones (excluding diaryl/α,β-unsaturated/α-hetero) is 2. The van der Waals surface area contributed by atoms with Crippen molar-refractivity contribution in [1.29, 1.82) is 0 Å². The molecule has 0 aromatic carbocycles. The van der Waals surface area contributed by atoms with Gasteiger partial charge in [-0.15, -0.1) is 0 Å².